The first kappa shape index (κ1) is 22.0. The zero-order valence-corrected chi connectivity index (χ0v) is 18.0. The predicted molar refractivity (Wildman–Crippen MR) is 120 cm³/mol. The van der Waals surface area contributed by atoms with Crippen LogP contribution in [0.1, 0.15) is 46.8 Å². The van der Waals surface area contributed by atoms with Crippen LogP contribution in [0.25, 0.3) is 11.3 Å². The van der Waals surface area contributed by atoms with E-state index < -0.39 is 11.7 Å². The minimum absolute atomic E-state index is 0.00217. The van der Waals surface area contributed by atoms with Crippen molar-refractivity contribution in [2.24, 2.45) is 5.73 Å². The summed E-state index contributed by atoms with van der Waals surface area (Å²) in [6.45, 7) is 0.335. The van der Waals surface area contributed by atoms with Gasteiger partial charge in [-0.1, -0.05) is 36.4 Å². The van der Waals surface area contributed by atoms with Gasteiger partial charge in [0.2, 0.25) is 0 Å². The molecule has 0 bridgehead atoms. The number of methoxy groups -OCH3 is 1. The molecule has 0 aliphatic heterocycles. The number of aromatic nitrogens is 2. The standard InChI is InChI=1S/C25H27FN4O2/c1-32-24-10-8-18(12-21(24)27)23-15-28-14-22(30-23)17-7-9-19(20(26)11-17)25(31)29-13-16-5-3-2-4-6-16/h2-7,9,11,14-15,18,21,24H,8,10,12-13,27H2,1H3,(H,29,31)/t18-,21-,24-/m1/s1. The number of nitrogens with zero attached hydrogens (tertiary/aromatic N) is 2. The molecular formula is C25H27FN4O2. The minimum Gasteiger partial charge on any atom is -0.380 e. The van der Waals surface area contributed by atoms with Gasteiger partial charge in [-0.2, -0.15) is 0 Å². The van der Waals surface area contributed by atoms with Crippen molar-refractivity contribution < 1.29 is 13.9 Å². The molecule has 1 amide bonds. The van der Waals surface area contributed by atoms with E-state index in [1.165, 1.54) is 12.1 Å². The average molecular weight is 435 g/mol. The van der Waals surface area contributed by atoms with Crippen molar-refractivity contribution in [1.82, 2.24) is 15.3 Å². The Morgan fingerprint density at radius 1 is 1.19 bits per heavy atom. The highest BCUT2D eigenvalue weighted by Crippen LogP contribution is 2.33. The maximum atomic E-state index is 14.8. The first-order chi connectivity index (χ1) is 15.5. The van der Waals surface area contributed by atoms with Gasteiger partial charge in [0.1, 0.15) is 5.82 Å². The van der Waals surface area contributed by atoms with Crippen LogP contribution in [0.3, 0.4) is 0 Å². The summed E-state index contributed by atoms with van der Waals surface area (Å²) in [6.07, 6.45) is 5.97. The van der Waals surface area contributed by atoms with Gasteiger partial charge in [-0.05, 0) is 37.0 Å². The van der Waals surface area contributed by atoms with E-state index in [1.54, 1.807) is 25.6 Å². The fraction of sp³-hybridized carbons (Fsp3) is 0.320. The normalized spacial score (nSPS) is 20.7. The van der Waals surface area contributed by atoms with Crippen LogP contribution >= 0.6 is 0 Å². The van der Waals surface area contributed by atoms with E-state index >= 15 is 0 Å². The summed E-state index contributed by atoms with van der Waals surface area (Å²) in [5.41, 5.74) is 9.17. The molecule has 1 heterocycles. The van der Waals surface area contributed by atoms with Crippen LogP contribution < -0.4 is 11.1 Å². The van der Waals surface area contributed by atoms with E-state index in [9.17, 15) is 9.18 Å². The smallest absolute Gasteiger partial charge is 0.254 e. The van der Waals surface area contributed by atoms with Crippen LogP contribution in [-0.4, -0.2) is 35.1 Å². The number of amides is 1. The molecule has 1 aliphatic carbocycles. The van der Waals surface area contributed by atoms with Crippen molar-refractivity contribution in [3.05, 3.63) is 83.6 Å². The molecule has 166 valence electrons. The summed E-state index contributed by atoms with van der Waals surface area (Å²) in [4.78, 5) is 21.5. The monoisotopic (exact) mass is 434 g/mol. The minimum atomic E-state index is -0.595. The van der Waals surface area contributed by atoms with Crippen molar-refractivity contribution in [3.8, 4) is 11.3 Å². The Balaban J connectivity index is 1.47. The second-order valence-corrected chi connectivity index (χ2v) is 8.14. The Kier molecular flexibility index (Phi) is 6.87. The zero-order chi connectivity index (χ0) is 22.5. The van der Waals surface area contributed by atoms with Gasteiger partial charge in [0.25, 0.3) is 5.91 Å². The van der Waals surface area contributed by atoms with Gasteiger partial charge in [-0.25, -0.2) is 9.37 Å². The van der Waals surface area contributed by atoms with Gasteiger partial charge >= 0.3 is 0 Å². The van der Waals surface area contributed by atoms with E-state index in [4.69, 9.17) is 15.5 Å². The number of carbonyl (C=O) groups excluding carboxylic acids is 1. The summed E-state index contributed by atoms with van der Waals surface area (Å²) in [6, 6.07) is 14.0. The third-order valence-corrected chi connectivity index (χ3v) is 6.01. The van der Waals surface area contributed by atoms with Crippen LogP contribution in [0.15, 0.2) is 60.9 Å². The molecule has 3 atom stereocenters. The molecule has 3 aromatic rings. The van der Waals surface area contributed by atoms with Gasteiger partial charge in [0.05, 0.1) is 29.3 Å². The molecule has 0 spiro atoms. The molecule has 1 fully saturated rings. The van der Waals surface area contributed by atoms with E-state index in [0.717, 1.165) is 30.5 Å². The van der Waals surface area contributed by atoms with Gasteiger partial charge in [0, 0.05) is 37.4 Å². The first-order valence-corrected chi connectivity index (χ1v) is 10.8. The van der Waals surface area contributed by atoms with Gasteiger partial charge in [0.15, 0.2) is 0 Å². The molecule has 1 aromatic heterocycles. The van der Waals surface area contributed by atoms with E-state index in [2.05, 4.69) is 10.3 Å². The summed E-state index contributed by atoms with van der Waals surface area (Å²) in [5.74, 6) is -0.860. The fourth-order valence-corrected chi connectivity index (χ4v) is 4.19. The summed E-state index contributed by atoms with van der Waals surface area (Å²) in [5, 5.41) is 2.75. The molecule has 3 N–H and O–H groups in total. The summed E-state index contributed by atoms with van der Waals surface area (Å²) < 4.78 is 20.2. The Morgan fingerprint density at radius 3 is 2.72 bits per heavy atom. The van der Waals surface area contributed by atoms with Crippen molar-refractivity contribution in [2.45, 2.75) is 43.9 Å². The molecule has 0 saturated heterocycles. The molecule has 0 unspecified atom stereocenters. The highest BCUT2D eigenvalue weighted by atomic mass is 19.1. The predicted octanol–water partition coefficient (Wildman–Crippen LogP) is 3.82. The molecular weight excluding hydrogens is 407 g/mol. The van der Waals surface area contributed by atoms with Crippen LogP contribution in [0.2, 0.25) is 0 Å². The maximum absolute atomic E-state index is 14.8. The van der Waals surface area contributed by atoms with E-state index in [1.807, 2.05) is 30.3 Å². The second-order valence-electron chi connectivity index (χ2n) is 8.14. The lowest BCUT2D eigenvalue weighted by molar-refractivity contribution is 0.0488. The van der Waals surface area contributed by atoms with Gasteiger partial charge < -0.3 is 15.8 Å². The number of halogens is 1. The van der Waals surface area contributed by atoms with Crippen LogP contribution in [0.5, 0.6) is 0 Å². The lowest BCUT2D eigenvalue weighted by Crippen LogP contribution is -2.41. The number of benzene rings is 2. The highest BCUT2D eigenvalue weighted by molar-refractivity contribution is 5.94. The third-order valence-electron chi connectivity index (χ3n) is 6.01. The molecule has 32 heavy (non-hydrogen) atoms. The molecule has 6 nitrogen and oxygen atoms in total. The summed E-state index contributed by atoms with van der Waals surface area (Å²) in [7, 11) is 1.69. The number of carbonyl (C=O) groups is 1. The number of ether oxygens (including phenoxy) is 1. The van der Waals surface area contributed by atoms with Crippen molar-refractivity contribution in [3.63, 3.8) is 0 Å². The maximum Gasteiger partial charge on any atom is 0.254 e. The van der Waals surface area contributed by atoms with Crippen LogP contribution in [-0.2, 0) is 11.3 Å². The lowest BCUT2D eigenvalue weighted by Gasteiger charge is -2.32. The van der Waals surface area contributed by atoms with Crippen molar-refractivity contribution >= 4 is 5.91 Å². The first-order valence-electron chi connectivity index (χ1n) is 10.8. The molecule has 1 aliphatic rings. The zero-order valence-electron chi connectivity index (χ0n) is 18.0. The largest absolute Gasteiger partial charge is 0.380 e. The molecule has 7 heteroatoms. The number of nitrogens with two attached hydrogens (primary N) is 1. The fourth-order valence-electron chi connectivity index (χ4n) is 4.19. The van der Waals surface area contributed by atoms with Gasteiger partial charge in [-0.15, -0.1) is 0 Å². The lowest BCUT2D eigenvalue weighted by atomic mass is 9.82. The topological polar surface area (TPSA) is 90.1 Å². The van der Waals surface area contributed by atoms with Crippen LogP contribution in [0, 0.1) is 5.82 Å². The number of hydrogen-bond donors (Lipinski definition) is 2. The second kappa shape index (κ2) is 9.97. The summed E-state index contributed by atoms with van der Waals surface area (Å²) >= 11 is 0. The molecule has 4 rings (SSSR count). The Labute approximate surface area is 187 Å². The Hall–Kier alpha value is -3.16. The number of nitrogens with one attached hydrogen (secondary N) is 1. The number of rotatable bonds is 6. The van der Waals surface area contributed by atoms with Gasteiger partial charge in [-0.3, -0.25) is 9.78 Å². The Morgan fingerprint density at radius 2 is 2.00 bits per heavy atom. The average Bonchev–Trinajstić information content (AvgIpc) is 2.83. The highest BCUT2D eigenvalue weighted by Gasteiger charge is 2.29. The number of hydrogen-bond acceptors (Lipinski definition) is 5. The third kappa shape index (κ3) is 5.00. The van der Waals surface area contributed by atoms with Crippen LogP contribution in [0.4, 0.5) is 4.39 Å². The molecule has 0 radical (unpaired) electrons. The molecule has 2 aromatic carbocycles. The van der Waals surface area contributed by atoms with E-state index in [-0.39, 0.29) is 23.6 Å². The Bertz CT molecular complexity index is 1080. The SMILES string of the molecule is CO[C@@H]1CC[C@@H](c2cncc(-c3ccc(C(=O)NCc4ccccc4)c(F)c3)n2)C[C@H]1N. The quantitative estimate of drug-likeness (QED) is 0.616. The van der Waals surface area contributed by atoms with Crippen molar-refractivity contribution in [2.75, 3.05) is 7.11 Å². The molecule has 1 saturated carbocycles. The van der Waals surface area contributed by atoms with E-state index in [0.29, 0.717) is 17.8 Å². The van der Waals surface area contributed by atoms with Crippen molar-refractivity contribution in [1.29, 1.82) is 0 Å².